The number of aromatic nitrogens is 1. The quantitative estimate of drug-likeness (QED) is 0.523. The Morgan fingerprint density at radius 3 is 2.57 bits per heavy atom. The lowest BCUT2D eigenvalue weighted by atomic mass is 9.76. The van der Waals surface area contributed by atoms with Crippen molar-refractivity contribution in [2.24, 2.45) is 5.92 Å². The second-order valence-corrected chi connectivity index (χ2v) is 10.8. The summed E-state index contributed by atoms with van der Waals surface area (Å²) in [5.74, 6) is -3.77. The number of pyridine rings is 1. The van der Waals surface area contributed by atoms with E-state index in [0.717, 1.165) is 19.2 Å². The number of nitrogens with one attached hydrogen (secondary N) is 2. The van der Waals surface area contributed by atoms with Gasteiger partial charge in [0.1, 0.15) is 22.7 Å². The fraction of sp³-hybridized carbons (Fsp3) is 0.478. The van der Waals surface area contributed by atoms with Crippen molar-refractivity contribution >= 4 is 21.3 Å². The van der Waals surface area contributed by atoms with Crippen LogP contribution in [0.5, 0.6) is 5.75 Å². The Morgan fingerprint density at radius 1 is 1.34 bits per heavy atom. The molecule has 1 aromatic carbocycles. The second kappa shape index (κ2) is 9.38. The van der Waals surface area contributed by atoms with E-state index in [-0.39, 0.29) is 34.2 Å². The van der Waals surface area contributed by atoms with Gasteiger partial charge in [-0.25, -0.2) is 18.4 Å². The number of carbonyl (C=O) groups excluding carboxylic acids is 1. The summed E-state index contributed by atoms with van der Waals surface area (Å²) in [6.45, 7) is 5.45. The number of hydrogen-bond donors (Lipinski definition) is 2. The summed E-state index contributed by atoms with van der Waals surface area (Å²) < 4.78 is 87.3. The molecule has 0 spiro atoms. The summed E-state index contributed by atoms with van der Waals surface area (Å²) in [6.07, 6.45) is -4.03. The van der Waals surface area contributed by atoms with Crippen molar-refractivity contribution in [1.29, 1.82) is 4.78 Å². The predicted octanol–water partition coefficient (Wildman–Crippen LogP) is 5.04. The Kier molecular flexibility index (Phi) is 7.20. The molecular formula is C23H27F4N3O4S. The number of nitrogens with zero attached hydrogens (tertiary/aromatic N) is 1. The van der Waals surface area contributed by atoms with E-state index < -0.39 is 51.2 Å². The SMILES string of the molecule is CCOc1c([C@@H]2[C@@H](C(=O)Nc3ccnc([S@](C)(=N)=O)c3)O[C@](C)(C(F)(F)F)[C@@H]2C)ccc(F)c1C. The standard InChI is InChI=1S/C23H27F4N3O4S/c1-6-33-19-12(2)16(24)8-7-15(19)18-13(3)22(4,23(25,26)27)34-20(18)21(31)30-14-9-10-29-17(11-14)35(5,28)32/h7-11,13,18,20,28H,6H2,1-5H3,(H,29,30,31)/t13-,18-,20+,22+,35-/m1/s1. The zero-order valence-electron chi connectivity index (χ0n) is 19.8. The second-order valence-electron chi connectivity index (χ2n) is 8.70. The molecule has 35 heavy (non-hydrogen) atoms. The van der Waals surface area contributed by atoms with Crippen LogP contribution in [0.3, 0.4) is 0 Å². The van der Waals surface area contributed by atoms with Gasteiger partial charge in [-0.05, 0) is 39.0 Å². The first-order valence-corrected chi connectivity index (χ1v) is 12.8. The topological polar surface area (TPSA) is 101 Å². The van der Waals surface area contributed by atoms with Gasteiger partial charge in [-0.1, -0.05) is 13.0 Å². The lowest BCUT2D eigenvalue weighted by Gasteiger charge is -2.32. The van der Waals surface area contributed by atoms with Gasteiger partial charge in [0.2, 0.25) is 0 Å². The van der Waals surface area contributed by atoms with Gasteiger partial charge in [-0.15, -0.1) is 0 Å². The van der Waals surface area contributed by atoms with E-state index in [4.69, 9.17) is 14.3 Å². The molecule has 0 bridgehead atoms. The zero-order valence-corrected chi connectivity index (χ0v) is 20.6. The molecule has 3 rings (SSSR count). The number of benzene rings is 1. The zero-order chi connectivity index (χ0) is 26.3. The van der Waals surface area contributed by atoms with Crippen molar-refractivity contribution < 1.29 is 36.0 Å². The highest BCUT2D eigenvalue weighted by Crippen LogP contribution is 2.55. The third kappa shape index (κ3) is 4.99. The first-order valence-electron chi connectivity index (χ1n) is 10.8. The first-order chi connectivity index (χ1) is 16.1. The highest BCUT2D eigenvalue weighted by Gasteiger charge is 2.65. The van der Waals surface area contributed by atoms with Crippen LogP contribution in [0.15, 0.2) is 35.5 Å². The molecular weight excluding hydrogens is 490 g/mol. The van der Waals surface area contributed by atoms with Crippen LogP contribution >= 0.6 is 0 Å². The van der Waals surface area contributed by atoms with E-state index in [1.807, 2.05) is 0 Å². The number of hydrogen-bond acceptors (Lipinski definition) is 6. The average molecular weight is 518 g/mol. The number of alkyl halides is 3. The molecule has 7 nitrogen and oxygen atoms in total. The van der Waals surface area contributed by atoms with Crippen LogP contribution in [-0.4, -0.2) is 45.8 Å². The van der Waals surface area contributed by atoms with Gasteiger partial charge in [-0.2, -0.15) is 13.2 Å². The van der Waals surface area contributed by atoms with Gasteiger partial charge >= 0.3 is 6.18 Å². The fourth-order valence-corrected chi connectivity index (χ4v) is 4.84. The summed E-state index contributed by atoms with van der Waals surface area (Å²) in [6, 6.07) is 5.02. The summed E-state index contributed by atoms with van der Waals surface area (Å²) in [7, 11) is -3.20. The normalized spacial score (nSPS) is 26.3. The maximum absolute atomic E-state index is 14.3. The molecule has 2 heterocycles. The Balaban J connectivity index is 2.10. The summed E-state index contributed by atoms with van der Waals surface area (Å²) in [4.78, 5) is 17.1. The van der Waals surface area contributed by atoms with Crippen LogP contribution in [0.25, 0.3) is 0 Å². The smallest absolute Gasteiger partial charge is 0.417 e. The molecule has 0 unspecified atom stereocenters. The number of amides is 1. The Bertz CT molecular complexity index is 1240. The van der Waals surface area contributed by atoms with Crippen molar-refractivity contribution in [3.63, 3.8) is 0 Å². The van der Waals surface area contributed by atoms with Crippen molar-refractivity contribution in [2.45, 2.75) is 56.5 Å². The summed E-state index contributed by atoms with van der Waals surface area (Å²) in [5, 5.41) is 2.39. The Labute approximate surface area is 201 Å². The number of ether oxygens (including phenoxy) is 2. The third-order valence-corrected chi connectivity index (χ3v) is 7.37. The monoisotopic (exact) mass is 517 g/mol. The van der Waals surface area contributed by atoms with Gasteiger partial charge in [0.05, 0.1) is 16.3 Å². The summed E-state index contributed by atoms with van der Waals surface area (Å²) in [5.41, 5.74) is -2.24. The van der Waals surface area contributed by atoms with Crippen LogP contribution in [-0.2, 0) is 19.3 Å². The molecule has 1 fully saturated rings. The first kappa shape index (κ1) is 26.9. The minimum Gasteiger partial charge on any atom is -0.493 e. The van der Waals surface area contributed by atoms with E-state index in [2.05, 4.69) is 10.3 Å². The Hall–Kier alpha value is -2.73. The molecule has 0 radical (unpaired) electrons. The van der Waals surface area contributed by atoms with E-state index in [1.54, 1.807) is 6.92 Å². The highest BCUT2D eigenvalue weighted by atomic mass is 32.2. The molecule has 1 aromatic heterocycles. The number of rotatable bonds is 6. The molecule has 12 heteroatoms. The van der Waals surface area contributed by atoms with Crippen molar-refractivity contribution in [3.05, 3.63) is 47.4 Å². The lowest BCUT2D eigenvalue weighted by molar-refractivity contribution is -0.272. The van der Waals surface area contributed by atoms with Crippen LogP contribution in [0.2, 0.25) is 0 Å². The Morgan fingerprint density at radius 2 is 2.00 bits per heavy atom. The maximum atomic E-state index is 14.3. The predicted molar refractivity (Wildman–Crippen MR) is 121 cm³/mol. The maximum Gasteiger partial charge on any atom is 0.417 e. The van der Waals surface area contributed by atoms with E-state index in [0.29, 0.717) is 0 Å². The lowest BCUT2D eigenvalue weighted by Crippen LogP contribution is -2.47. The molecule has 0 saturated carbocycles. The molecule has 1 aliphatic heterocycles. The minimum atomic E-state index is -4.80. The van der Waals surface area contributed by atoms with Crippen molar-refractivity contribution in [1.82, 2.24) is 4.98 Å². The molecule has 2 N–H and O–H groups in total. The largest absolute Gasteiger partial charge is 0.493 e. The van der Waals surface area contributed by atoms with Gasteiger partial charge in [0.15, 0.2) is 5.60 Å². The van der Waals surface area contributed by atoms with E-state index >= 15 is 0 Å². The van der Waals surface area contributed by atoms with Crippen LogP contribution in [0, 0.1) is 23.4 Å². The van der Waals surface area contributed by atoms with E-state index in [9.17, 15) is 26.6 Å². The number of halogens is 4. The van der Waals surface area contributed by atoms with Gasteiger partial charge in [0, 0.05) is 41.1 Å². The average Bonchev–Trinajstić information content (AvgIpc) is 3.03. The molecule has 1 amide bonds. The van der Waals surface area contributed by atoms with Gasteiger partial charge in [-0.3, -0.25) is 4.79 Å². The van der Waals surface area contributed by atoms with Gasteiger partial charge < -0.3 is 14.8 Å². The highest BCUT2D eigenvalue weighted by molar-refractivity contribution is 7.91. The van der Waals surface area contributed by atoms with Gasteiger partial charge in [0.25, 0.3) is 5.91 Å². The summed E-state index contributed by atoms with van der Waals surface area (Å²) >= 11 is 0. The fourth-order valence-electron chi connectivity index (χ4n) is 4.22. The van der Waals surface area contributed by atoms with E-state index in [1.165, 1.54) is 38.2 Å². The third-order valence-electron chi connectivity index (χ3n) is 6.35. The van der Waals surface area contributed by atoms with Crippen molar-refractivity contribution in [3.8, 4) is 5.75 Å². The number of anilines is 1. The minimum absolute atomic E-state index is 0.0725. The molecule has 2 aromatic rings. The molecule has 1 aliphatic rings. The molecule has 5 atom stereocenters. The molecule has 192 valence electrons. The van der Waals surface area contributed by atoms with Crippen LogP contribution in [0.4, 0.5) is 23.2 Å². The number of carbonyl (C=O) groups is 1. The van der Waals surface area contributed by atoms with Crippen LogP contribution < -0.4 is 10.1 Å². The van der Waals surface area contributed by atoms with Crippen LogP contribution in [0.1, 0.15) is 37.8 Å². The molecule has 0 aliphatic carbocycles. The van der Waals surface area contributed by atoms with Crippen molar-refractivity contribution in [2.75, 3.05) is 18.2 Å². The molecule has 1 saturated heterocycles.